The molecule has 0 radical (unpaired) electrons. The summed E-state index contributed by atoms with van der Waals surface area (Å²) in [5.41, 5.74) is 0.992. The Morgan fingerprint density at radius 2 is 1.77 bits per heavy atom. The minimum absolute atomic E-state index is 0.162. The molecule has 1 aromatic heterocycles. The summed E-state index contributed by atoms with van der Waals surface area (Å²) in [6, 6.07) is 18.1. The van der Waals surface area contributed by atoms with Crippen LogP contribution < -0.4 is 14.8 Å². The van der Waals surface area contributed by atoms with Gasteiger partial charge in [-0.25, -0.2) is 0 Å². The summed E-state index contributed by atoms with van der Waals surface area (Å²) in [4.78, 5) is 14.9. The third-order valence-electron chi connectivity index (χ3n) is 4.77. The Morgan fingerprint density at radius 3 is 2.45 bits per heavy atom. The number of carbonyl (C=O) groups excluding carboxylic acids is 1. The van der Waals surface area contributed by atoms with Gasteiger partial charge >= 0.3 is 0 Å². The van der Waals surface area contributed by atoms with Gasteiger partial charge in [0, 0.05) is 5.02 Å². The van der Waals surface area contributed by atoms with E-state index < -0.39 is 0 Å². The summed E-state index contributed by atoms with van der Waals surface area (Å²) in [6.45, 7) is 1.01. The molecule has 0 aliphatic carbocycles. The first-order valence-electron chi connectivity index (χ1n) is 10.0. The number of benzene rings is 2. The van der Waals surface area contributed by atoms with Gasteiger partial charge in [0.1, 0.15) is 12.4 Å². The van der Waals surface area contributed by atoms with Crippen LogP contribution in [0, 0.1) is 0 Å². The molecule has 7 heteroatoms. The standard InChI is InChI=1S/C24H27ClN2O4/c1-27(2)15-14-20(17-8-10-18(25)11-9-17)26-24(28)23-13-12-19(31-23)16-30-22-7-5-4-6-21(22)29-3/h4-13,20H,14-16H2,1-3H3,(H,26,28). The first kappa shape index (κ1) is 22.7. The number of rotatable bonds is 10. The normalized spacial score (nSPS) is 11.9. The number of nitrogens with zero attached hydrogens (tertiary/aromatic N) is 1. The molecule has 0 aliphatic heterocycles. The maximum atomic E-state index is 12.8. The summed E-state index contributed by atoms with van der Waals surface area (Å²) >= 11 is 6.01. The van der Waals surface area contributed by atoms with Crippen LogP contribution in [0.5, 0.6) is 11.5 Å². The number of halogens is 1. The summed E-state index contributed by atoms with van der Waals surface area (Å²) in [5.74, 6) is 1.76. The maximum absolute atomic E-state index is 12.8. The number of furan rings is 1. The molecule has 1 unspecified atom stereocenters. The van der Waals surface area contributed by atoms with Crippen LogP contribution in [0.3, 0.4) is 0 Å². The molecule has 1 amide bonds. The number of amides is 1. The zero-order valence-corrected chi connectivity index (χ0v) is 18.7. The van der Waals surface area contributed by atoms with Gasteiger partial charge in [-0.1, -0.05) is 35.9 Å². The monoisotopic (exact) mass is 442 g/mol. The van der Waals surface area contributed by atoms with Crippen molar-refractivity contribution in [2.75, 3.05) is 27.7 Å². The number of methoxy groups -OCH3 is 1. The van der Waals surface area contributed by atoms with Gasteiger partial charge in [-0.3, -0.25) is 4.79 Å². The van der Waals surface area contributed by atoms with Gasteiger partial charge in [0.05, 0.1) is 13.2 Å². The van der Waals surface area contributed by atoms with E-state index in [0.717, 1.165) is 18.5 Å². The van der Waals surface area contributed by atoms with Crippen LogP contribution in [-0.4, -0.2) is 38.6 Å². The third kappa shape index (κ3) is 6.51. The maximum Gasteiger partial charge on any atom is 0.287 e. The van der Waals surface area contributed by atoms with Crippen molar-refractivity contribution in [3.05, 3.63) is 82.8 Å². The predicted octanol–water partition coefficient (Wildman–Crippen LogP) is 4.94. The fourth-order valence-corrected chi connectivity index (χ4v) is 3.22. The van der Waals surface area contributed by atoms with E-state index in [1.54, 1.807) is 19.2 Å². The average Bonchev–Trinajstić information content (AvgIpc) is 3.25. The Labute approximate surface area is 187 Å². The number of ether oxygens (including phenoxy) is 2. The van der Waals surface area contributed by atoms with Crippen LogP contribution in [-0.2, 0) is 6.61 Å². The Bertz CT molecular complexity index is 985. The highest BCUT2D eigenvalue weighted by atomic mass is 35.5. The van der Waals surface area contributed by atoms with Crippen LogP contribution in [0.1, 0.15) is 34.3 Å². The highest BCUT2D eigenvalue weighted by molar-refractivity contribution is 6.30. The molecular formula is C24H27ClN2O4. The van der Waals surface area contributed by atoms with Gasteiger partial charge < -0.3 is 24.1 Å². The molecule has 1 heterocycles. The first-order chi connectivity index (χ1) is 15.0. The summed E-state index contributed by atoms with van der Waals surface area (Å²) in [7, 11) is 5.59. The lowest BCUT2D eigenvalue weighted by Gasteiger charge is -2.21. The zero-order valence-electron chi connectivity index (χ0n) is 17.9. The highest BCUT2D eigenvalue weighted by Gasteiger charge is 2.19. The van der Waals surface area contributed by atoms with Gasteiger partial charge in [-0.15, -0.1) is 0 Å². The Kier molecular flexibility index (Phi) is 7.98. The molecule has 2 aromatic carbocycles. The smallest absolute Gasteiger partial charge is 0.287 e. The molecule has 0 saturated carbocycles. The van der Waals surface area contributed by atoms with Crippen molar-refractivity contribution in [3.8, 4) is 11.5 Å². The summed E-state index contributed by atoms with van der Waals surface area (Å²) < 4.78 is 16.8. The SMILES string of the molecule is COc1ccccc1OCc1ccc(C(=O)NC(CCN(C)C)c2ccc(Cl)cc2)o1. The van der Waals surface area contributed by atoms with Gasteiger partial charge in [0.15, 0.2) is 17.3 Å². The van der Waals surface area contributed by atoms with Gasteiger partial charge in [-0.2, -0.15) is 0 Å². The molecule has 3 aromatic rings. The van der Waals surface area contributed by atoms with E-state index in [9.17, 15) is 4.79 Å². The van der Waals surface area contributed by atoms with E-state index in [2.05, 4.69) is 10.2 Å². The molecule has 164 valence electrons. The molecule has 3 rings (SSSR count). The summed E-state index contributed by atoms with van der Waals surface area (Å²) in [5, 5.41) is 3.73. The number of carbonyl (C=O) groups is 1. The van der Waals surface area contributed by atoms with Crippen LogP contribution in [0.4, 0.5) is 0 Å². The molecule has 0 bridgehead atoms. The number of para-hydroxylation sites is 2. The predicted molar refractivity (Wildman–Crippen MR) is 121 cm³/mol. The Balaban J connectivity index is 1.65. The largest absolute Gasteiger partial charge is 0.493 e. The molecule has 1 atom stereocenters. The van der Waals surface area contributed by atoms with Crippen LogP contribution >= 0.6 is 11.6 Å². The molecule has 0 saturated heterocycles. The van der Waals surface area contributed by atoms with E-state index in [4.69, 9.17) is 25.5 Å². The topological polar surface area (TPSA) is 63.9 Å². The number of hydrogen-bond acceptors (Lipinski definition) is 5. The molecule has 1 N–H and O–H groups in total. The second-order valence-electron chi connectivity index (χ2n) is 7.38. The lowest BCUT2D eigenvalue weighted by molar-refractivity contribution is 0.0900. The van der Waals surface area contributed by atoms with Crippen molar-refractivity contribution in [1.29, 1.82) is 0 Å². The van der Waals surface area contributed by atoms with E-state index in [1.807, 2.05) is 62.6 Å². The molecule has 6 nitrogen and oxygen atoms in total. The van der Waals surface area contributed by atoms with Gasteiger partial charge in [-0.05, 0) is 69.0 Å². The lowest BCUT2D eigenvalue weighted by atomic mass is 10.0. The van der Waals surface area contributed by atoms with Crippen LogP contribution in [0.2, 0.25) is 5.02 Å². The third-order valence-corrected chi connectivity index (χ3v) is 5.02. The highest BCUT2D eigenvalue weighted by Crippen LogP contribution is 2.27. The quantitative estimate of drug-likeness (QED) is 0.481. The summed E-state index contributed by atoms with van der Waals surface area (Å²) in [6.07, 6.45) is 0.755. The fourth-order valence-electron chi connectivity index (χ4n) is 3.10. The van der Waals surface area contributed by atoms with Crippen molar-refractivity contribution in [3.63, 3.8) is 0 Å². The van der Waals surface area contributed by atoms with E-state index in [-0.39, 0.29) is 24.3 Å². The molecule has 0 fully saturated rings. The van der Waals surface area contributed by atoms with E-state index in [0.29, 0.717) is 22.3 Å². The number of nitrogens with one attached hydrogen (secondary N) is 1. The molecule has 0 spiro atoms. The minimum Gasteiger partial charge on any atom is -0.493 e. The van der Waals surface area contributed by atoms with Crippen molar-refractivity contribution < 1.29 is 18.7 Å². The van der Waals surface area contributed by atoms with E-state index in [1.165, 1.54) is 0 Å². The van der Waals surface area contributed by atoms with Crippen LogP contribution in [0.15, 0.2) is 65.1 Å². The van der Waals surface area contributed by atoms with Gasteiger partial charge in [0.25, 0.3) is 5.91 Å². The number of hydrogen-bond donors (Lipinski definition) is 1. The van der Waals surface area contributed by atoms with Crippen molar-refractivity contribution in [1.82, 2.24) is 10.2 Å². The average molecular weight is 443 g/mol. The van der Waals surface area contributed by atoms with E-state index >= 15 is 0 Å². The fraction of sp³-hybridized carbons (Fsp3) is 0.292. The molecule has 31 heavy (non-hydrogen) atoms. The minimum atomic E-state index is -0.276. The lowest BCUT2D eigenvalue weighted by Crippen LogP contribution is -2.30. The van der Waals surface area contributed by atoms with Crippen molar-refractivity contribution in [2.24, 2.45) is 0 Å². The first-order valence-corrected chi connectivity index (χ1v) is 10.4. The zero-order chi connectivity index (χ0) is 22.2. The second kappa shape index (κ2) is 10.9. The Hall–Kier alpha value is -2.96. The molecular weight excluding hydrogens is 416 g/mol. The van der Waals surface area contributed by atoms with Crippen molar-refractivity contribution >= 4 is 17.5 Å². The molecule has 0 aliphatic rings. The Morgan fingerprint density at radius 1 is 1.06 bits per heavy atom. The second-order valence-corrected chi connectivity index (χ2v) is 7.81. The van der Waals surface area contributed by atoms with Gasteiger partial charge in [0.2, 0.25) is 0 Å². The van der Waals surface area contributed by atoms with Crippen molar-refractivity contribution in [2.45, 2.75) is 19.1 Å². The van der Waals surface area contributed by atoms with Crippen LogP contribution in [0.25, 0.3) is 0 Å².